The molecule has 0 saturated carbocycles. The number of benzene rings is 1. The van der Waals surface area contributed by atoms with Gasteiger partial charge in [0.2, 0.25) is 5.91 Å². The molecule has 0 aliphatic rings. The van der Waals surface area contributed by atoms with E-state index >= 15 is 0 Å². The van der Waals surface area contributed by atoms with Crippen LogP contribution < -0.4 is 10.6 Å². The number of hydrogen-bond donors (Lipinski definition) is 2. The van der Waals surface area contributed by atoms with E-state index in [-0.39, 0.29) is 12.5 Å². The maximum Gasteiger partial charge on any atom is 0.238 e. The number of nitrogens with one attached hydrogen (secondary N) is 2. The van der Waals surface area contributed by atoms with Gasteiger partial charge in [-0.1, -0.05) is 34.6 Å². The maximum atomic E-state index is 11.5. The van der Waals surface area contributed by atoms with Crippen LogP contribution in [0.2, 0.25) is 0 Å². The average Bonchev–Trinajstić information content (AvgIpc) is 2.16. The molecule has 0 unspecified atom stereocenters. The SMILES string of the molecule is C=C(Br)CNCC(=O)Nc1cccc(C)c1. The molecule has 16 heavy (non-hydrogen) atoms. The zero-order chi connectivity index (χ0) is 12.0. The van der Waals surface area contributed by atoms with Crippen molar-refractivity contribution in [3.05, 3.63) is 40.9 Å². The highest BCUT2D eigenvalue weighted by atomic mass is 79.9. The van der Waals surface area contributed by atoms with Gasteiger partial charge in [0.25, 0.3) is 0 Å². The summed E-state index contributed by atoms with van der Waals surface area (Å²) in [5.74, 6) is -0.0562. The first-order valence-electron chi connectivity index (χ1n) is 4.98. The van der Waals surface area contributed by atoms with E-state index in [1.165, 1.54) is 0 Å². The smallest absolute Gasteiger partial charge is 0.238 e. The molecule has 0 radical (unpaired) electrons. The Morgan fingerprint density at radius 1 is 1.44 bits per heavy atom. The molecule has 0 fully saturated rings. The lowest BCUT2D eigenvalue weighted by atomic mass is 10.2. The number of carbonyl (C=O) groups excluding carboxylic acids is 1. The van der Waals surface area contributed by atoms with Crippen LogP contribution in [-0.4, -0.2) is 19.0 Å². The predicted molar refractivity (Wildman–Crippen MR) is 70.7 cm³/mol. The molecule has 0 aliphatic heterocycles. The molecule has 1 aromatic rings. The van der Waals surface area contributed by atoms with Crippen LogP contribution in [0, 0.1) is 6.92 Å². The van der Waals surface area contributed by atoms with Gasteiger partial charge in [-0.25, -0.2) is 0 Å². The summed E-state index contributed by atoms with van der Waals surface area (Å²) in [6.45, 7) is 6.52. The summed E-state index contributed by atoms with van der Waals surface area (Å²) in [5, 5.41) is 5.77. The van der Waals surface area contributed by atoms with Gasteiger partial charge in [0, 0.05) is 16.7 Å². The number of carbonyl (C=O) groups is 1. The van der Waals surface area contributed by atoms with Crippen molar-refractivity contribution in [3.8, 4) is 0 Å². The molecule has 3 nitrogen and oxygen atoms in total. The predicted octanol–water partition coefficient (Wildman–Crippen LogP) is 2.43. The number of rotatable bonds is 5. The second kappa shape index (κ2) is 6.45. The van der Waals surface area contributed by atoms with Crippen molar-refractivity contribution in [2.75, 3.05) is 18.4 Å². The van der Waals surface area contributed by atoms with Gasteiger partial charge in [0.05, 0.1) is 6.54 Å². The number of aryl methyl sites for hydroxylation is 1. The standard InChI is InChI=1S/C12H15BrN2O/c1-9-4-3-5-11(6-9)15-12(16)8-14-7-10(2)13/h3-6,14H,2,7-8H2,1H3,(H,15,16). The first-order chi connectivity index (χ1) is 7.58. The molecule has 0 atom stereocenters. The summed E-state index contributed by atoms with van der Waals surface area (Å²) in [6.07, 6.45) is 0. The lowest BCUT2D eigenvalue weighted by Gasteiger charge is -2.06. The van der Waals surface area contributed by atoms with Gasteiger partial charge in [-0.15, -0.1) is 0 Å². The van der Waals surface area contributed by atoms with E-state index < -0.39 is 0 Å². The minimum atomic E-state index is -0.0562. The molecule has 0 heterocycles. The van der Waals surface area contributed by atoms with Crippen LogP contribution in [0.1, 0.15) is 5.56 Å². The molecule has 1 aromatic carbocycles. The normalized spacial score (nSPS) is 9.88. The van der Waals surface area contributed by atoms with Gasteiger partial charge in [-0.2, -0.15) is 0 Å². The third-order valence-corrected chi connectivity index (χ3v) is 2.18. The minimum absolute atomic E-state index is 0.0562. The van der Waals surface area contributed by atoms with Crippen LogP contribution >= 0.6 is 15.9 Å². The Kier molecular flexibility index (Phi) is 5.22. The van der Waals surface area contributed by atoms with Crippen LogP contribution in [0.25, 0.3) is 0 Å². The topological polar surface area (TPSA) is 41.1 Å². The van der Waals surface area contributed by atoms with Crippen molar-refractivity contribution >= 4 is 27.5 Å². The van der Waals surface area contributed by atoms with Crippen LogP contribution in [0.5, 0.6) is 0 Å². The summed E-state index contributed by atoms with van der Waals surface area (Å²) in [4.78, 5) is 11.5. The average molecular weight is 283 g/mol. The molecule has 0 saturated heterocycles. The van der Waals surface area contributed by atoms with E-state index in [0.717, 1.165) is 15.7 Å². The molecule has 0 aliphatic carbocycles. The van der Waals surface area contributed by atoms with Crippen molar-refractivity contribution in [2.45, 2.75) is 6.92 Å². The molecule has 1 rings (SSSR count). The summed E-state index contributed by atoms with van der Waals surface area (Å²) in [7, 11) is 0. The second-order valence-electron chi connectivity index (χ2n) is 3.54. The minimum Gasteiger partial charge on any atom is -0.325 e. The van der Waals surface area contributed by atoms with Gasteiger partial charge in [0.1, 0.15) is 0 Å². The molecule has 0 spiro atoms. The third-order valence-electron chi connectivity index (χ3n) is 1.90. The van der Waals surface area contributed by atoms with E-state index in [0.29, 0.717) is 6.54 Å². The Balaban J connectivity index is 2.37. The fourth-order valence-corrected chi connectivity index (χ4v) is 1.44. The van der Waals surface area contributed by atoms with Crippen molar-refractivity contribution in [2.24, 2.45) is 0 Å². The van der Waals surface area contributed by atoms with E-state index in [1.54, 1.807) is 0 Å². The molecular formula is C12H15BrN2O. The van der Waals surface area contributed by atoms with Crippen molar-refractivity contribution in [1.82, 2.24) is 5.32 Å². The highest BCUT2D eigenvalue weighted by Gasteiger charge is 2.01. The first kappa shape index (κ1) is 12.9. The first-order valence-corrected chi connectivity index (χ1v) is 5.78. The molecule has 0 bridgehead atoms. The Morgan fingerprint density at radius 3 is 2.81 bits per heavy atom. The highest BCUT2D eigenvalue weighted by Crippen LogP contribution is 2.08. The van der Waals surface area contributed by atoms with Crippen molar-refractivity contribution in [1.29, 1.82) is 0 Å². The van der Waals surface area contributed by atoms with Gasteiger partial charge < -0.3 is 10.6 Å². The Bertz CT molecular complexity index is 390. The quantitative estimate of drug-likeness (QED) is 0.871. The Labute approximate surface area is 104 Å². The van der Waals surface area contributed by atoms with E-state index in [4.69, 9.17) is 0 Å². The van der Waals surface area contributed by atoms with E-state index in [1.807, 2.05) is 31.2 Å². The van der Waals surface area contributed by atoms with Crippen LogP contribution in [0.3, 0.4) is 0 Å². The van der Waals surface area contributed by atoms with E-state index in [2.05, 4.69) is 33.1 Å². The number of anilines is 1. The molecule has 2 N–H and O–H groups in total. The molecule has 4 heteroatoms. The van der Waals surface area contributed by atoms with Crippen molar-refractivity contribution in [3.63, 3.8) is 0 Å². The lowest BCUT2D eigenvalue weighted by molar-refractivity contribution is -0.115. The van der Waals surface area contributed by atoms with Gasteiger partial charge in [0.15, 0.2) is 0 Å². The number of halogens is 1. The van der Waals surface area contributed by atoms with Crippen LogP contribution in [0.4, 0.5) is 5.69 Å². The largest absolute Gasteiger partial charge is 0.325 e. The molecule has 86 valence electrons. The van der Waals surface area contributed by atoms with Crippen molar-refractivity contribution < 1.29 is 4.79 Å². The van der Waals surface area contributed by atoms with Crippen LogP contribution in [-0.2, 0) is 4.79 Å². The summed E-state index contributed by atoms with van der Waals surface area (Å²) >= 11 is 3.21. The highest BCUT2D eigenvalue weighted by molar-refractivity contribution is 9.11. The van der Waals surface area contributed by atoms with Gasteiger partial charge in [-0.3, -0.25) is 4.79 Å². The Hall–Kier alpha value is -1.13. The molecule has 1 amide bonds. The van der Waals surface area contributed by atoms with Gasteiger partial charge in [-0.05, 0) is 24.6 Å². The zero-order valence-corrected chi connectivity index (χ0v) is 10.8. The molecular weight excluding hydrogens is 268 g/mol. The molecule has 0 aromatic heterocycles. The maximum absolute atomic E-state index is 11.5. The zero-order valence-electron chi connectivity index (χ0n) is 9.22. The fraction of sp³-hybridized carbons (Fsp3) is 0.250. The summed E-state index contributed by atoms with van der Waals surface area (Å²) < 4.78 is 0.829. The summed E-state index contributed by atoms with van der Waals surface area (Å²) in [6, 6.07) is 7.71. The lowest BCUT2D eigenvalue weighted by Crippen LogP contribution is -2.28. The second-order valence-corrected chi connectivity index (χ2v) is 4.66. The van der Waals surface area contributed by atoms with E-state index in [9.17, 15) is 4.79 Å². The fourth-order valence-electron chi connectivity index (χ4n) is 1.24. The van der Waals surface area contributed by atoms with Gasteiger partial charge >= 0.3 is 0 Å². The monoisotopic (exact) mass is 282 g/mol. The Morgan fingerprint density at radius 2 is 2.19 bits per heavy atom. The third kappa shape index (κ3) is 5.09. The number of hydrogen-bond acceptors (Lipinski definition) is 2. The van der Waals surface area contributed by atoms with Crippen LogP contribution in [0.15, 0.2) is 35.3 Å². The summed E-state index contributed by atoms with van der Waals surface area (Å²) in [5.41, 5.74) is 1.95. The number of amides is 1.